The molecule has 0 spiro atoms. The third-order valence-corrected chi connectivity index (χ3v) is 14.1. The van der Waals surface area contributed by atoms with Crippen molar-refractivity contribution in [2.45, 2.75) is 122 Å². The molecule has 4 N–H and O–H groups in total. The number of methoxy groups -OCH3 is 1. The van der Waals surface area contributed by atoms with Crippen molar-refractivity contribution in [2.75, 3.05) is 19.0 Å². The first-order valence-electron chi connectivity index (χ1n) is 20.1. The second-order valence-corrected chi connectivity index (χ2v) is 20.0. The van der Waals surface area contributed by atoms with Crippen LogP contribution in [0, 0.1) is 11.3 Å². The molecule has 3 aromatic rings. The largest absolute Gasteiger partial charge is 0.497 e. The van der Waals surface area contributed by atoms with E-state index < -0.39 is 60.1 Å². The van der Waals surface area contributed by atoms with Crippen molar-refractivity contribution in [1.82, 2.24) is 25.5 Å². The second-order valence-electron chi connectivity index (χ2n) is 16.8. The Hall–Kier alpha value is -4.46. The minimum Gasteiger partial charge on any atom is -0.497 e. The van der Waals surface area contributed by atoms with Crippen LogP contribution in [0.3, 0.4) is 0 Å². The molecule has 1 aromatic carbocycles. The van der Waals surface area contributed by atoms with Crippen LogP contribution in [0.15, 0.2) is 54.2 Å². The van der Waals surface area contributed by atoms with Crippen LogP contribution >= 0.6 is 18.7 Å². The highest BCUT2D eigenvalue weighted by molar-refractivity contribution is 7.63. The van der Waals surface area contributed by atoms with E-state index in [9.17, 15) is 23.8 Å². The van der Waals surface area contributed by atoms with Gasteiger partial charge in [0.25, 0.3) is 0 Å². The summed E-state index contributed by atoms with van der Waals surface area (Å²) in [5.41, 5.74) is 1.02. The first kappa shape index (κ1) is 43.1. The van der Waals surface area contributed by atoms with Crippen LogP contribution in [-0.2, 0) is 18.9 Å². The third kappa shape index (κ3) is 9.37. The molecule has 2 aromatic heterocycles. The molecule has 16 heteroatoms. The zero-order valence-corrected chi connectivity index (χ0v) is 36.2. The van der Waals surface area contributed by atoms with Gasteiger partial charge in [0.05, 0.1) is 24.9 Å². The van der Waals surface area contributed by atoms with Crippen LogP contribution in [0.5, 0.6) is 11.5 Å². The number of carbonyl (C=O) groups excluding carboxylic acids is 3. The number of likely N-dealkylation sites (tertiary alicyclic amines) is 1. The zero-order valence-electron chi connectivity index (χ0n) is 34.4. The van der Waals surface area contributed by atoms with Crippen molar-refractivity contribution in [1.29, 1.82) is 0 Å². The van der Waals surface area contributed by atoms with E-state index in [4.69, 9.17) is 24.2 Å². The topological polar surface area (TPSA) is 181 Å². The maximum atomic E-state index is 14.8. The van der Waals surface area contributed by atoms with E-state index in [2.05, 4.69) is 22.5 Å². The molecule has 0 bridgehead atoms. The Morgan fingerprint density at radius 2 is 1.88 bits per heavy atom. The number of rotatable bonds is 15. The van der Waals surface area contributed by atoms with Gasteiger partial charge in [-0.2, -0.15) is 0 Å². The van der Waals surface area contributed by atoms with Gasteiger partial charge in [0.15, 0.2) is 5.13 Å². The Balaban J connectivity index is 1.35. The Morgan fingerprint density at radius 3 is 2.52 bits per heavy atom. The van der Waals surface area contributed by atoms with Gasteiger partial charge >= 0.3 is 6.09 Å². The van der Waals surface area contributed by atoms with Crippen LogP contribution in [0.2, 0.25) is 0 Å². The zero-order chi connectivity index (χ0) is 42.0. The van der Waals surface area contributed by atoms with Crippen molar-refractivity contribution in [3.63, 3.8) is 0 Å². The first-order chi connectivity index (χ1) is 27.5. The number of anilines is 1. The lowest BCUT2D eigenvalue weighted by Crippen LogP contribution is -2.58. The van der Waals surface area contributed by atoms with Gasteiger partial charge in [-0.3, -0.25) is 14.2 Å². The molecule has 2 saturated carbocycles. The van der Waals surface area contributed by atoms with E-state index in [1.165, 1.54) is 22.1 Å². The van der Waals surface area contributed by atoms with E-state index in [1.54, 1.807) is 31.4 Å². The van der Waals surface area contributed by atoms with Crippen LogP contribution in [0.1, 0.15) is 86.5 Å². The number of amides is 3. The predicted octanol–water partition coefficient (Wildman–Crippen LogP) is 7.83. The first-order valence-corrected chi connectivity index (χ1v) is 22.7. The van der Waals surface area contributed by atoms with Gasteiger partial charge in [0.2, 0.25) is 19.2 Å². The monoisotopic (exact) mass is 836 g/mol. The standard InChI is InChI=1S/C42H57N6O8PS/c1-9-11-18-57(52,53)42(22-26(42)10-2)47-37(49)34-20-29(23-48(34)38(50)36(41(5,6)7)46-40(51)56-27-14-12-13-15-27)55-35-21-32(33-24-58-39(45-33)43-25(3)4)44-31-19-28(54-8)16-17-30(31)35/h10-11,16-19,21,24-27,29,34,36H,2,9,12-15,20,22-23H2,1,3-8H3,(H,43,45)(H,46,51)(H,47,49)(H,52,53)/t26-,29-,34+,36-,42+/m1/s1. The predicted molar refractivity (Wildman–Crippen MR) is 226 cm³/mol. The fraction of sp³-hybridized carbons (Fsp3) is 0.548. The summed E-state index contributed by atoms with van der Waals surface area (Å²) in [6.45, 7) is 15.3. The minimum absolute atomic E-state index is 0.0122. The molecule has 58 heavy (non-hydrogen) atoms. The molecule has 3 amide bonds. The molecule has 314 valence electrons. The number of nitrogens with zero attached hydrogens (tertiary/aromatic N) is 3. The lowest BCUT2D eigenvalue weighted by molar-refractivity contribution is -0.142. The molecule has 14 nitrogen and oxygen atoms in total. The van der Waals surface area contributed by atoms with Crippen LogP contribution in [-0.4, -0.2) is 86.9 Å². The summed E-state index contributed by atoms with van der Waals surface area (Å²) in [5, 5.41) is 10.9. The molecule has 6 atom stereocenters. The van der Waals surface area contributed by atoms with E-state index in [-0.39, 0.29) is 31.5 Å². The average molecular weight is 837 g/mol. The number of alkyl carbamates (subject to hydrolysis) is 1. The van der Waals surface area contributed by atoms with Crippen molar-refractivity contribution in [3.8, 4) is 22.9 Å². The smallest absolute Gasteiger partial charge is 0.408 e. The highest BCUT2D eigenvalue weighted by atomic mass is 32.1. The van der Waals surface area contributed by atoms with Gasteiger partial charge in [0, 0.05) is 41.3 Å². The summed E-state index contributed by atoms with van der Waals surface area (Å²) in [6, 6.07) is 5.27. The summed E-state index contributed by atoms with van der Waals surface area (Å²) in [7, 11) is -2.48. The maximum absolute atomic E-state index is 14.8. The number of aromatic nitrogens is 2. The molecular formula is C42H57N6O8PS. The lowest BCUT2D eigenvalue weighted by atomic mass is 9.85. The summed E-state index contributed by atoms with van der Waals surface area (Å²) < 4.78 is 31.8. The Morgan fingerprint density at radius 1 is 1.14 bits per heavy atom. The molecule has 1 unspecified atom stereocenters. The van der Waals surface area contributed by atoms with E-state index in [1.807, 2.05) is 59.1 Å². The molecular weight excluding hydrogens is 780 g/mol. The van der Waals surface area contributed by atoms with Crippen LogP contribution in [0.25, 0.3) is 22.3 Å². The molecule has 1 aliphatic heterocycles. The lowest BCUT2D eigenvalue weighted by Gasteiger charge is -2.35. The van der Waals surface area contributed by atoms with Gasteiger partial charge in [-0.05, 0) is 75.7 Å². The van der Waals surface area contributed by atoms with Gasteiger partial charge in [-0.25, -0.2) is 14.8 Å². The summed E-state index contributed by atoms with van der Waals surface area (Å²) in [4.78, 5) is 64.9. The van der Waals surface area contributed by atoms with Crippen molar-refractivity contribution < 1.29 is 38.1 Å². The highest BCUT2D eigenvalue weighted by Crippen LogP contribution is 2.70. The summed E-state index contributed by atoms with van der Waals surface area (Å²) in [6.07, 6.45) is 5.87. The normalized spacial score (nSPS) is 23.7. The number of allylic oxidation sites excluding steroid dienone is 1. The number of thiazole rings is 1. The number of hydrogen-bond donors (Lipinski definition) is 4. The number of carbonyl (C=O) groups is 3. The number of pyridine rings is 1. The molecule has 3 heterocycles. The van der Waals surface area contributed by atoms with Crippen LogP contribution in [0.4, 0.5) is 9.93 Å². The fourth-order valence-electron chi connectivity index (χ4n) is 7.74. The molecule has 2 aliphatic carbocycles. The molecule has 1 saturated heterocycles. The number of nitrogens with one attached hydrogen (secondary N) is 3. The maximum Gasteiger partial charge on any atom is 0.408 e. The minimum atomic E-state index is -4.05. The Kier molecular flexibility index (Phi) is 12.9. The third-order valence-electron chi connectivity index (χ3n) is 11.0. The van der Waals surface area contributed by atoms with E-state index in [0.29, 0.717) is 40.2 Å². The van der Waals surface area contributed by atoms with Crippen molar-refractivity contribution in [2.24, 2.45) is 11.3 Å². The Labute approximate surface area is 344 Å². The highest BCUT2D eigenvalue weighted by Gasteiger charge is 2.65. The number of fused-ring (bicyclic) bond motifs is 1. The fourth-order valence-corrected chi connectivity index (χ4v) is 10.7. The van der Waals surface area contributed by atoms with Gasteiger partial charge < -0.3 is 40.0 Å². The van der Waals surface area contributed by atoms with E-state index >= 15 is 0 Å². The van der Waals surface area contributed by atoms with Crippen molar-refractivity contribution >= 4 is 52.6 Å². The van der Waals surface area contributed by atoms with Gasteiger partial charge in [0.1, 0.15) is 46.8 Å². The molecule has 3 fully saturated rings. The second kappa shape index (κ2) is 17.4. The summed E-state index contributed by atoms with van der Waals surface area (Å²) >= 11 is 1.46. The van der Waals surface area contributed by atoms with Crippen LogP contribution < -0.4 is 25.4 Å². The van der Waals surface area contributed by atoms with Crippen molar-refractivity contribution in [3.05, 3.63) is 54.2 Å². The molecule has 3 aliphatic rings. The number of ether oxygens (including phenoxy) is 3. The Bertz CT molecular complexity index is 2090. The summed E-state index contributed by atoms with van der Waals surface area (Å²) in [5.74, 6) is 0.812. The SMILES string of the molecule is C=C[C@@H]1C[C@]1(NC(=O)[C@@H]1C[C@@H](Oc2cc(-c3csc(NC(C)C)n3)nc3cc(OC)ccc23)CN1C(=O)[C@@H](NC(=O)OC1CCCC1)C(C)(C)C)P(=O)(O)C=CCC. The van der Waals surface area contributed by atoms with E-state index in [0.717, 1.165) is 30.8 Å². The van der Waals surface area contributed by atoms with Gasteiger partial charge in [-0.1, -0.05) is 39.8 Å². The average Bonchev–Trinajstić information content (AvgIpc) is 3.57. The van der Waals surface area contributed by atoms with Gasteiger partial charge in [-0.15, -0.1) is 17.9 Å². The molecule has 6 rings (SSSR count). The molecule has 0 radical (unpaired) electrons. The number of hydrogen-bond acceptors (Lipinski definition) is 11. The quantitative estimate of drug-likeness (QED) is 0.0865. The number of benzene rings is 1.